The Hall–Kier alpha value is -2.24. The molecule has 0 aromatic heterocycles. The molecule has 0 saturated carbocycles. The Labute approximate surface area is 200 Å². The molecule has 8 heteroatoms. The molecule has 0 fully saturated rings. The van der Waals surface area contributed by atoms with Gasteiger partial charge in [-0.2, -0.15) is 0 Å². The van der Waals surface area contributed by atoms with Gasteiger partial charge in [0.1, 0.15) is 0 Å². The van der Waals surface area contributed by atoms with Gasteiger partial charge in [-0.1, -0.05) is 52.5 Å². The first-order valence-corrected chi connectivity index (χ1v) is 10.8. The fourth-order valence-electron chi connectivity index (χ4n) is 2.90. The minimum atomic E-state index is -0.439. The standard InChI is InChI=1S/C23H17Cl4NO3/c1-2-31-23(30)14-6-9-16(10-7-14)28(13-17-18(24)4-3-5-19(17)25)22(29)15-8-11-20(26)21(27)12-15/h3-12H,2,13H2,1H3. The van der Waals surface area contributed by atoms with E-state index in [-0.39, 0.29) is 24.1 Å². The molecule has 0 atom stereocenters. The second-order valence-corrected chi connectivity index (χ2v) is 8.12. The summed E-state index contributed by atoms with van der Waals surface area (Å²) in [7, 11) is 0. The molecule has 31 heavy (non-hydrogen) atoms. The van der Waals surface area contributed by atoms with Crippen LogP contribution in [0.4, 0.5) is 5.69 Å². The van der Waals surface area contributed by atoms with E-state index in [0.717, 1.165) is 0 Å². The van der Waals surface area contributed by atoms with Crippen molar-refractivity contribution in [1.29, 1.82) is 0 Å². The Morgan fingerprint density at radius 3 is 2.00 bits per heavy atom. The summed E-state index contributed by atoms with van der Waals surface area (Å²) in [5.41, 5.74) is 1.85. The van der Waals surface area contributed by atoms with E-state index < -0.39 is 5.97 Å². The number of hydrogen-bond acceptors (Lipinski definition) is 3. The smallest absolute Gasteiger partial charge is 0.338 e. The predicted octanol–water partition coefficient (Wildman–Crippen LogP) is 7.32. The van der Waals surface area contributed by atoms with Crippen LogP contribution in [0.25, 0.3) is 0 Å². The van der Waals surface area contributed by atoms with Crippen molar-refractivity contribution in [2.45, 2.75) is 13.5 Å². The fourth-order valence-corrected chi connectivity index (χ4v) is 3.71. The van der Waals surface area contributed by atoms with E-state index in [4.69, 9.17) is 51.1 Å². The van der Waals surface area contributed by atoms with Gasteiger partial charge in [0.05, 0.1) is 28.8 Å². The molecule has 0 unspecified atom stereocenters. The van der Waals surface area contributed by atoms with E-state index in [1.165, 1.54) is 11.0 Å². The van der Waals surface area contributed by atoms with E-state index in [1.54, 1.807) is 61.5 Å². The number of carbonyl (C=O) groups excluding carboxylic acids is 2. The van der Waals surface area contributed by atoms with Gasteiger partial charge in [-0.15, -0.1) is 0 Å². The Balaban J connectivity index is 2.02. The normalized spacial score (nSPS) is 10.6. The van der Waals surface area contributed by atoms with E-state index in [0.29, 0.717) is 37.4 Å². The van der Waals surface area contributed by atoms with Crippen molar-refractivity contribution in [3.63, 3.8) is 0 Å². The molecule has 160 valence electrons. The van der Waals surface area contributed by atoms with Crippen LogP contribution in [0.5, 0.6) is 0 Å². The van der Waals surface area contributed by atoms with Crippen LogP contribution < -0.4 is 4.90 Å². The monoisotopic (exact) mass is 495 g/mol. The zero-order valence-electron chi connectivity index (χ0n) is 16.4. The van der Waals surface area contributed by atoms with Gasteiger partial charge in [0.15, 0.2) is 0 Å². The van der Waals surface area contributed by atoms with Crippen molar-refractivity contribution in [2.75, 3.05) is 11.5 Å². The lowest BCUT2D eigenvalue weighted by atomic mass is 10.1. The number of rotatable bonds is 6. The van der Waals surface area contributed by atoms with Crippen LogP contribution in [0.15, 0.2) is 60.7 Å². The Kier molecular flexibility index (Phi) is 7.84. The van der Waals surface area contributed by atoms with Crippen LogP contribution in [-0.4, -0.2) is 18.5 Å². The number of carbonyl (C=O) groups is 2. The Morgan fingerprint density at radius 2 is 1.42 bits per heavy atom. The first kappa shape index (κ1) is 23.4. The first-order valence-electron chi connectivity index (χ1n) is 9.28. The quantitative estimate of drug-likeness (QED) is 0.335. The molecule has 1 amide bonds. The summed E-state index contributed by atoms with van der Waals surface area (Å²) in [6.07, 6.45) is 0. The molecular weight excluding hydrogens is 480 g/mol. The second kappa shape index (κ2) is 10.4. The number of ether oxygens (including phenoxy) is 1. The van der Waals surface area contributed by atoms with Gasteiger partial charge in [-0.25, -0.2) is 4.79 Å². The molecule has 0 bridgehead atoms. The maximum absolute atomic E-state index is 13.4. The molecule has 3 rings (SSSR count). The molecule has 0 N–H and O–H groups in total. The zero-order valence-corrected chi connectivity index (χ0v) is 19.4. The van der Waals surface area contributed by atoms with Crippen LogP contribution in [0.3, 0.4) is 0 Å². The Morgan fingerprint density at radius 1 is 0.806 bits per heavy atom. The molecule has 0 heterocycles. The van der Waals surface area contributed by atoms with Gasteiger partial charge < -0.3 is 9.64 Å². The maximum Gasteiger partial charge on any atom is 0.338 e. The van der Waals surface area contributed by atoms with Crippen molar-refractivity contribution < 1.29 is 14.3 Å². The zero-order chi connectivity index (χ0) is 22.5. The van der Waals surface area contributed by atoms with Crippen molar-refractivity contribution in [1.82, 2.24) is 0 Å². The van der Waals surface area contributed by atoms with Gasteiger partial charge in [0, 0.05) is 26.9 Å². The van der Waals surface area contributed by atoms with Crippen LogP contribution in [-0.2, 0) is 11.3 Å². The van der Waals surface area contributed by atoms with Crippen LogP contribution in [0.1, 0.15) is 33.2 Å². The SMILES string of the molecule is CCOC(=O)c1ccc(N(Cc2c(Cl)cccc2Cl)C(=O)c2ccc(Cl)c(Cl)c2)cc1. The molecule has 3 aromatic rings. The molecular formula is C23H17Cl4NO3. The van der Waals surface area contributed by atoms with Crippen LogP contribution in [0, 0.1) is 0 Å². The van der Waals surface area contributed by atoms with Crippen molar-refractivity contribution >= 4 is 64.0 Å². The second-order valence-electron chi connectivity index (χ2n) is 6.49. The number of nitrogens with zero attached hydrogens (tertiary/aromatic N) is 1. The third kappa shape index (κ3) is 5.52. The molecule has 0 saturated heterocycles. The van der Waals surface area contributed by atoms with Gasteiger partial charge in [0.25, 0.3) is 5.91 Å². The average molecular weight is 497 g/mol. The number of halogens is 4. The van der Waals surface area contributed by atoms with Crippen LogP contribution in [0.2, 0.25) is 20.1 Å². The molecule has 0 aliphatic rings. The number of hydrogen-bond donors (Lipinski definition) is 0. The third-order valence-corrected chi connectivity index (χ3v) is 5.93. The Bertz CT molecular complexity index is 1100. The van der Waals surface area contributed by atoms with E-state index in [9.17, 15) is 9.59 Å². The van der Waals surface area contributed by atoms with E-state index in [1.807, 2.05) is 0 Å². The summed E-state index contributed by atoms with van der Waals surface area (Å²) >= 11 is 24.8. The average Bonchev–Trinajstić information content (AvgIpc) is 2.75. The fraction of sp³-hybridized carbons (Fsp3) is 0.130. The predicted molar refractivity (Wildman–Crippen MR) is 126 cm³/mol. The molecule has 0 radical (unpaired) electrons. The number of amides is 1. The molecule has 0 aliphatic heterocycles. The number of benzene rings is 3. The molecule has 0 aliphatic carbocycles. The first-order chi connectivity index (χ1) is 14.8. The molecule has 3 aromatic carbocycles. The minimum absolute atomic E-state index is 0.107. The van der Waals surface area contributed by atoms with E-state index >= 15 is 0 Å². The van der Waals surface area contributed by atoms with Gasteiger partial charge in [0.2, 0.25) is 0 Å². The van der Waals surface area contributed by atoms with Gasteiger partial charge in [-0.3, -0.25) is 4.79 Å². The summed E-state index contributed by atoms with van der Waals surface area (Å²) in [6, 6.07) is 16.3. The number of anilines is 1. The number of esters is 1. The summed E-state index contributed by atoms with van der Waals surface area (Å²) < 4.78 is 5.02. The lowest BCUT2D eigenvalue weighted by Crippen LogP contribution is -2.30. The summed E-state index contributed by atoms with van der Waals surface area (Å²) in [5, 5.41) is 1.48. The van der Waals surface area contributed by atoms with Crippen molar-refractivity contribution in [2.24, 2.45) is 0 Å². The minimum Gasteiger partial charge on any atom is -0.462 e. The van der Waals surface area contributed by atoms with Gasteiger partial charge >= 0.3 is 5.97 Å². The highest BCUT2D eigenvalue weighted by atomic mass is 35.5. The van der Waals surface area contributed by atoms with Crippen molar-refractivity contribution in [3.05, 3.63) is 97.4 Å². The molecule has 0 spiro atoms. The van der Waals surface area contributed by atoms with Gasteiger partial charge in [-0.05, 0) is 61.5 Å². The third-order valence-electron chi connectivity index (χ3n) is 4.48. The lowest BCUT2D eigenvalue weighted by molar-refractivity contribution is 0.0526. The summed E-state index contributed by atoms with van der Waals surface area (Å²) in [6.45, 7) is 2.11. The topological polar surface area (TPSA) is 46.6 Å². The highest BCUT2D eigenvalue weighted by Crippen LogP contribution is 2.30. The summed E-state index contributed by atoms with van der Waals surface area (Å²) in [5.74, 6) is -0.774. The van der Waals surface area contributed by atoms with Crippen molar-refractivity contribution in [3.8, 4) is 0 Å². The lowest BCUT2D eigenvalue weighted by Gasteiger charge is -2.24. The maximum atomic E-state index is 13.4. The molecule has 4 nitrogen and oxygen atoms in total. The summed E-state index contributed by atoms with van der Waals surface area (Å²) in [4.78, 5) is 26.9. The van der Waals surface area contributed by atoms with E-state index in [2.05, 4.69) is 0 Å². The highest BCUT2D eigenvalue weighted by Gasteiger charge is 2.22. The van der Waals surface area contributed by atoms with Crippen LogP contribution >= 0.6 is 46.4 Å². The highest BCUT2D eigenvalue weighted by molar-refractivity contribution is 6.42. The largest absolute Gasteiger partial charge is 0.462 e.